The zero-order chi connectivity index (χ0) is 27.8. The lowest BCUT2D eigenvalue weighted by molar-refractivity contribution is -0.140. The number of nitrogen functional groups attached to an aromatic ring is 1. The Bertz CT molecular complexity index is 1370. The smallest absolute Gasteiger partial charge is 0.419 e. The number of amides is 1. The summed E-state index contributed by atoms with van der Waals surface area (Å²) in [6.07, 6.45) is -5.45. The molecule has 13 heteroatoms. The number of aryl methyl sites for hydroxylation is 1. The summed E-state index contributed by atoms with van der Waals surface area (Å²) in [6.45, 7) is 5.10. The molecule has 1 atom stereocenters. The van der Waals surface area contributed by atoms with Crippen LogP contribution < -0.4 is 20.5 Å². The molecule has 1 aromatic heterocycles. The molecule has 4 rings (SSSR count). The van der Waals surface area contributed by atoms with E-state index in [0.29, 0.717) is 42.4 Å². The quantitative estimate of drug-likeness (QED) is 0.365. The molecular weight excluding hydrogens is 508 g/mol. The number of ether oxygens (including phenoxy) is 2. The molecule has 2 heterocycles. The maximum Gasteiger partial charge on any atom is 0.419 e. The maximum atomic E-state index is 14.7. The summed E-state index contributed by atoms with van der Waals surface area (Å²) in [7, 11) is 3.40. The number of carbonyl (C=O) groups excluding carboxylic acids is 1. The molecule has 9 nitrogen and oxygen atoms in total. The minimum Gasteiger partial charge on any atom is -0.493 e. The summed E-state index contributed by atoms with van der Waals surface area (Å²) in [5, 5.41) is 3.27. The number of fused-ring (bicyclic) bond motifs is 1. The van der Waals surface area contributed by atoms with Crippen LogP contribution in [0.1, 0.15) is 23.9 Å². The number of nitrogens with one attached hydrogen (secondary N) is 1. The third-order valence-corrected chi connectivity index (χ3v) is 6.28. The van der Waals surface area contributed by atoms with Crippen molar-refractivity contribution in [1.82, 2.24) is 19.8 Å². The van der Waals surface area contributed by atoms with E-state index in [0.717, 1.165) is 6.07 Å². The van der Waals surface area contributed by atoms with E-state index < -0.39 is 23.7 Å². The van der Waals surface area contributed by atoms with Crippen LogP contribution in [0.25, 0.3) is 10.9 Å². The Kier molecular flexibility index (Phi) is 7.49. The molecule has 2 aromatic carbocycles. The molecular formula is C25H28F4N6O3. The molecule has 38 heavy (non-hydrogen) atoms. The molecule has 0 radical (unpaired) electrons. The van der Waals surface area contributed by atoms with Gasteiger partial charge in [0, 0.05) is 54.9 Å². The second-order valence-corrected chi connectivity index (χ2v) is 9.21. The lowest BCUT2D eigenvalue weighted by Gasteiger charge is -2.37. The van der Waals surface area contributed by atoms with Gasteiger partial charge in [0.2, 0.25) is 0 Å². The van der Waals surface area contributed by atoms with E-state index in [1.54, 1.807) is 17.9 Å². The molecule has 1 fully saturated rings. The third kappa shape index (κ3) is 5.67. The van der Waals surface area contributed by atoms with Gasteiger partial charge in [-0.05, 0) is 39.1 Å². The highest BCUT2D eigenvalue weighted by Gasteiger charge is 2.35. The number of piperazine rings is 1. The van der Waals surface area contributed by atoms with Gasteiger partial charge < -0.3 is 30.3 Å². The summed E-state index contributed by atoms with van der Waals surface area (Å²) < 4.78 is 65.5. The molecule has 204 valence electrons. The Balaban J connectivity index is 1.66. The predicted octanol–water partition coefficient (Wildman–Crippen LogP) is 4.43. The molecule has 0 spiro atoms. The Labute approximate surface area is 216 Å². The van der Waals surface area contributed by atoms with Crippen molar-refractivity contribution in [3.05, 3.63) is 47.0 Å². The molecule has 1 aliphatic rings. The molecule has 1 amide bonds. The zero-order valence-electron chi connectivity index (χ0n) is 21.3. The first-order valence-corrected chi connectivity index (χ1v) is 11.8. The van der Waals surface area contributed by atoms with Crippen molar-refractivity contribution in [1.29, 1.82) is 0 Å². The third-order valence-electron chi connectivity index (χ3n) is 6.28. The fourth-order valence-corrected chi connectivity index (χ4v) is 4.41. The van der Waals surface area contributed by atoms with Gasteiger partial charge in [-0.3, -0.25) is 0 Å². The lowest BCUT2D eigenvalue weighted by atomic mass is 10.1. The van der Waals surface area contributed by atoms with Gasteiger partial charge in [0.1, 0.15) is 17.5 Å². The van der Waals surface area contributed by atoms with Gasteiger partial charge in [-0.15, -0.1) is 0 Å². The van der Waals surface area contributed by atoms with Gasteiger partial charge >= 0.3 is 12.3 Å². The number of aromatic nitrogens is 2. The molecule has 3 aromatic rings. The number of benzene rings is 2. The largest absolute Gasteiger partial charge is 0.493 e. The van der Waals surface area contributed by atoms with Gasteiger partial charge in [-0.1, -0.05) is 0 Å². The van der Waals surface area contributed by atoms with Crippen LogP contribution in [0.3, 0.4) is 0 Å². The number of likely N-dealkylation sites (N-methyl/N-ethyl adjacent to an activating group) is 1. The number of nitrogens with two attached hydrogens (primary N) is 1. The van der Waals surface area contributed by atoms with Crippen LogP contribution in [0.5, 0.6) is 11.5 Å². The van der Waals surface area contributed by atoms with Crippen molar-refractivity contribution < 1.29 is 31.8 Å². The highest BCUT2D eigenvalue weighted by atomic mass is 19.4. The number of nitrogens with zero attached hydrogens (tertiary/aromatic N) is 4. The highest BCUT2D eigenvalue weighted by Crippen LogP contribution is 2.36. The molecule has 3 N–H and O–H groups in total. The normalized spacial score (nSPS) is 16.5. The number of rotatable bonds is 5. The van der Waals surface area contributed by atoms with Crippen LogP contribution >= 0.6 is 0 Å². The zero-order valence-corrected chi connectivity index (χ0v) is 21.3. The topological polar surface area (TPSA) is 106 Å². The number of hydrogen-bond donors (Lipinski definition) is 2. The van der Waals surface area contributed by atoms with Gasteiger partial charge in [0.15, 0.2) is 11.5 Å². The van der Waals surface area contributed by atoms with E-state index in [1.807, 2.05) is 14.0 Å². The summed E-state index contributed by atoms with van der Waals surface area (Å²) in [4.78, 5) is 25.4. The summed E-state index contributed by atoms with van der Waals surface area (Å²) >= 11 is 0. The van der Waals surface area contributed by atoms with E-state index in [-0.39, 0.29) is 41.2 Å². The minimum atomic E-state index is -4.90. The molecule has 0 aliphatic carbocycles. The maximum absolute atomic E-state index is 14.7. The lowest BCUT2D eigenvalue weighted by Crippen LogP contribution is -2.53. The number of methoxy groups -OCH3 is 1. The Morgan fingerprint density at radius 1 is 1.18 bits per heavy atom. The van der Waals surface area contributed by atoms with Crippen molar-refractivity contribution in [3.63, 3.8) is 0 Å². The standard InChI is InChI=1S/C25H28F4N6O3/c1-13-12-34(3)5-6-35(13)24(36)38-21-9-17-19(10-20(21)37-4)32-14(2)33-23(17)31-11-15-7-16(30)8-18(22(15)26)25(27,28)29/h7-10,13H,5-6,11-12,30H2,1-4H3,(H,31,32,33). The van der Waals surface area contributed by atoms with E-state index >= 15 is 0 Å². The SMILES string of the molecule is COc1cc2nc(C)nc(NCc3cc(N)cc(C(F)(F)F)c3F)c2cc1OC(=O)N1CCN(C)CC1C. The van der Waals surface area contributed by atoms with Gasteiger partial charge in [-0.2, -0.15) is 13.2 Å². The average molecular weight is 537 g/mol. The van der Waals surface area contributed by atoms with E-state index in [4.69, 9.17) is 15.2 Å². The van der Waals surface area contributed by atoms with Crippen LogP contribution in [-0.2, 0) is 12.7 Å². The van der Waals surface area contributed by atoms with Crippen LogP contribution in [0, 0.1) is 12.7 Å². The predicted molar refractivity (Wildman–Crippen MR) is 134 cm³/mol. The second-order valence-electron chi connectivity index (χ2n) is 9.21. The molecule has 1 aliphatic heterocycles. The Morgan fingerprint density at radius 2 is 1.92 bits per heavy atom. The van der Waals surface area contributed by atoms with Gasteiger partial charge in [0.25, 0.3) is 0 Å². The van der Waals surface area contributed by atoms with E-state index in [9.17, 15) is 22.4 Å². The van der Waals surface area contributed by atoms with Gasteiger partial charge in [-0.25, -0.2) is 19.2 Å². The van der Waals surface area contributed by atoms with Crippen LogP contribution in [0.15, 0.2) is 24.3 Å². The minimum absolute atomic E-state index is 0.0642. The summed E-state index contributed by atoms with van der Waals surface area (Å²) in [5.74, 6) is -0.501. The monoisotopic (exact) mass is 536 g/mol. The summed E-state index contributed by atoms with van der Waals surface area (Å²) in [5.41, 5.74) is 4.06. The Hall–Kier alpha value is -3.87. The van der Waals surface area contributed by atoms with Gasteiger partial charge in [0.05, 0.1) is 18.2 Å². The van der Waals surface area contributed by atoms with Crippen molar-refractivity contribution >= 4 is 28.5 Å². The number of anilines is 2. The summed E-state index contributed by atoms with van der Waals surface area (Å²) in [6, 6.07) is 4.68. The highest BCUT2D eigenvalue weighted by molar-refractivity contribution is 5.92. The fraction of sp³-hybridized carbons (Fsp3) is 0.400. The molecule has 0 saturated carbocycles. The van der Waals surface area contributed by atoms with E-state index in [2.05, 4.69) is 20.2 Å². The molecule has 1 unspecified atom stereocenters. The first kappa shape index (κ1) is 27.2. The van der Waals surface area contributed by atoms with Crippen molar-refractivity contribution in [3.8, 4) is 11.5 Å². The average Bonchev–Trinajstić information content (AvgIpc) is 2.83. The number of halogens is 4. The molecule has 0 bridgehead atoms. The first-order valence-electron chi connectivity index (χ1n) is 11.8. The van der Waals surface area contributed by atoms with Crippen molar-refractivity contribution in [2.45, 2.75) is 32.6 Å². The van der Waals surface area contributed by atoms with E-state index in [1.165, 1.54) is 13.2 Å². The first-order chi connectivity index (χ1) is 17.9. The van der Waals surface area contributed by atoms with Crippen LogP contribution in [-0.4, -0.2) is 65.7 Å². The second kappa shape index (κ2) is 10.5. The number of alkyl halides is 3. The fourth-order valence-electron chi connectivity index (χ4n) is 4.41. The number of carbonyl (C=O) groups is 1. The number of hydrogen-bond acceptors (Lipinski definition) is 8. The van der Waals surface area contributed by atoms with Crippen molar-refractivity contribution in [2.75, 3.05) is 44.8 Å². The van der Waals surface area contributed by atoms with Crippen LogP contribution in [0.2, 0.25) is 0 Å². The van der Waals surface area contributed by atoms with Crippen LogP contribution in [0.4, 0.5) is 33.9 Å². The van der Waals surface area contributed by atoms with Crippen molar-refractivity contribution in [2.24, 2.45) is 0 Å². The Morgan fingerprint density at radius 3 is 2.58 bits per heavy atom. The molecule has 1 saturated heterocycles.